The van der Waals surface area contributed by atoms with E-state index < -0.39 is 0 Å². The molecule has 4 rings (SSSR count). The zero-order valence-electron chi connectivity index (χ0n) is 14.0. The van der Waals surface area contributed by atoms with Crippen LogP contribution in [0.1, 0.15) is 16.1 Å². The number of amides is 1. The number of carbonyl (C=O) groups is 1. The molecule has 1 N–H and O–H groups in total. The van der Waals surface area contributed by atoms with Gasteiger partial charge in [0.25, 0.3) is 5.91 Å². The maximum atomic E-state index is 12.4. The molecule has 2 aromatic carbocycles. The van der Waals surface area contributed by atoms with Gasteiger partial charge in [0.15, 0.2) is 5.65 Å². The first-order valence-electron chi connectivity index (χ1n) is 8.09. The van der Waals surface area contributed by atoms with E-state index in [-0.39, 0.29) is 5.91 Å². The van der Waals surface area contributed by atoms with Gasteiger partial charge >= 0.3 is 0 Å². The molecule has 0 aliphatic heterocycles. The summed E-state index contributed by atoms with van der Waals surface area (Å²) in [4.78, 5) is 16.9. The van der Waals surface area contributed by atoms with Gasteiger partial charge < -0.3 is 5.32 Å². The van der Waals surface area contributed by atoms with Crippen molar-refractivity contribution in [3.8, 4) is 5.69 Å². The lowest BCUT2D eigenvalue weighted by molar-refractivity contribution is 0.102. The highest BCUT2D eigenvalue weighted by Crippen LogP contribution is 2.23. The van der Waals surface area contributed by atoms with Crippen LogP contribution in [-0.4, -0.2) is 20.7 Å². The molecular weight excluding hydrogens is 348 g/mol. The second-order valence-corrected chi connectivity index (χ2v) is 6.33. The highest BCUT2D eigenvalue weighted by Gasteiger charge is 2.13. The van der Waals surface area contributed by atoms with Gasteiger partial charge in [0, 0.05) is 16.0 Å². The normalized spacial score (nSPS) is 10.8. The minimum Gasteiger partial charge on any atom is -0.321 e. The highest BCUT2D eigenvalue weighted by atomic mass is 35.5. The number of benzene rings is 2. The van der Waals surface area contributed by atoms with Crippen LogP contribution in [0, 0.1) is 6.92 Å². The molecule has 2 heterocycles. The molecule has 2 aromatic heterocycles. The van der Waals surface area contributed by atoms with Gasteiger partial charge in [0.05, 0.1) is 23.3 Å². The van der Waals surface area contributed by atoms with Crippen LogP contribution in [-0.2, 0) is 0 Å². The molecule has 4 aromatic rings. The number of hydrogen-bond acceptors (Lipinski definition) is 3. The molecule has 0 spiro atoms. The van der Waals surface area contributed by atoms with Crippen LogP contribution in [0.4, 0.5) is 5.69 Å². The van der Waals surface area contributed by atoms with E-state index in [4.69, 9.17) is 11.6 Å². The Morgan fingerprint density at radius 2 is 1.88 bits per heavy atom. The van der Waals surface area contributed by atoms with Crippen molar-refractivity contribution in [1.29, 1.82) is 0 Å². The van der Waals surface area contributed by atoms with Crippen molar-refractivity contribution in [3.05, 3.63) is 83.1 Å². The predicted molar refractivity (Wildman–Crippen MR) is 103 cm³/mol. The lowest BCUT2D eigenvalue weighted by Gasteiger charge is -2.06. The van der Waals surface area contributed by atoms with Crippen LogP contribution in [0.3, 0.4) is 0 Å². The SMILES string of the molecule is Cc1nn(-c2ccccc2)c2ncc(NC(=O)c3cccc(Cl)c3)cc12. The van der Waals surface area contributed by atoms with E-state index in [2.05, 4.69) is 15.4 Å². The van der Waals surface area contributed by atoms with E-state index in [1.807, 2.05) is 43.3 Å². The van der Waals surface area contributed by atoms with Crippen molar-refractivity contribution >= 4 is 34.2 Å². The zero-order chi connectivity index (χ0) is 18.1. The summed E-state index contributed by atoms with van der Waals surface area (Å²) in [5.74, 6) is -0.234. The molecule has 0 atom stereocenters. The topological polar surface area (TPSA) is 59.8 Å². The number of rotatable bonds is 3. The Morgan fingerprint density at radius 3 is 2.65 bits per heavy atom. The van der Waals surface area contributed by atoms with Crippen LogP contribution in [0.25, 0.3) is 16.7 Å². The number of aromatic nitrogens is 3. The number of pyridine rings is 1. The molecule has 0 aliphatic rings. The van der Waals surface area contributed by atoms with Crippen LogP contribution in [0.5, 0.6) is 0 Å². The summed E-state index contributed by atoms with van der Waals surface area (Å²) in [6.07, 6.45) is 1.63. The first kappa shape index (κ1) is 16.3. The summed E-state index contributed by atoms with van der Waals surface area (Å²) in [7, 11) is 0. The number of fused-ring (bicyclic) bond motifs is 1. The molecule has 0 unspecified atom stereocenters. The summed E-state index contributed by atoms with van der Waals surface area (Å²) in [5.41, 5.74) is 3.63. The summed E-state index contributed by atoms with van der Waals surface area (Å²) in [6.45, 7) is 1.92. The second-order valence-electron chi connectivity index (χ2n) is 5.89. The van der Waals surface area contributed by atoms with Crippen molar-refractivity contribution in [2.24, 2.45) is 0 Å². The minimum atomic E-state index is -0.234. The van der Waals surface area contributed by atoms with E-state index in [9.17, 15) is 4.79 Å². The number of hydrogen-bond donors (Lipinski definition) is 1. The summed E-state index contributed by atoms with van der Waals surface area (Å²) >= 11 is 5.95. The minimum absolute atomic E-state index is 0.234. The Hall–Kier alpha value is -3.18. The molecule has 0 fully saturated rings. The van der Waals surface area contributed by atoms with Gasteiger partial charge in [-0.2, -0.15) is 5.10 Å². The Bertz CT molecular complexity index is 1110. The van der Waals surface area contributed by atoms with Crippen molar-refractivity contribution in [2.75, 3.05) is 5.32 Å². The average molecular weight is 363 g/mol. The van der Waals surface area contributed by atoms with Crippen LogP contribution in [0.15, 0.2) is 66.9 Å². The third kappa shape index (κ3) is 3.05. The molecule has 0 aliphatic carbocycles. The molecule has 6 heteroatoms. The van der Waals surface area contributed by atoms with Gasteiger partial charge in [-0.25, -0.2) is 9.67 Å². The Balaban J connectivity index is 1.68. The number of para-hydroxylation sites is 1. The Morgan fingerprint density at radius 1 is 1.08 bits per heavy atom. The number of aryl methyl sites for hydroxylation is 1. The van der Waals surface area contributed by atoms with Gasteiger partial charge in [-0.15, -0.1) is 0 Å². The third-order valence-corrected chi connectivity index (χ3v) is 4.29. The molecule has 1 amide bonds. The predicted octanol–water partition coefficient (Wildman–Crippen LogP) is 4.63. The number of anilines is 1. The van der Waals surface area contributed by atoms with E-state index in [1.165, 1.54) is 0 Å². The van der Waals surface area contributed by atoms with E-state index in [1.54, 1.807) is 35.1 Å². The van der Waals surface area contributed by atoms with Gasteiger partial charge in [-0.3, -0.25) is 4.79 Å². The summed E-state index contributed by atoms with van der Waals surface area (Å²) < 4.78 is 1.80. The van der Waals surface area contributed by atoms with Crippen molar-refractivity contribution in [1.82, 2.24) is 14.8 Å². The fourth-order valence-corrected chi connectivity index (χ4v) is 2.98. The molecule has 0 bridgehead atoms. The van der Waals surface area contributed by atoms with Crippen molar-refractivity contribution in [2.45, 2.75) is 6.92 Å². The lowest BCUT2D eigenvalue weighted by atomic mass is 10.2. The quantitative estimate of drug-likeness (QED) is 0.577. The third-order valence-electron chi connectivity index (χ3n) is 4.05. The zero-order valence-corrected chi connectivity index (χ0v) is 14.7. The molecule has 26 heavy (non-hydrogen) atoms. The van der Waals surface area contributed by atoms with E-state index >= 15 is 0 Å². The molecule has 0 saturated carbocycles. The monoisotopic (exact) mass is 362 g/mol. The number of carbonyl (C=O) groups excluding carboxylic acids is 1. The lowest BCUT2D eigenvalue weighted by Crippen LogP contribution is -2.12. The van der Waals surface area contributed by atoms with Crippen molar-refractivity contribution in [3.63, 3.8) is 0 Å². The second kappa shape index (κ2) is 6.61. The largest absolute Gasteiger partial charge is 0.321 e. The Kier molecular flexibility index (Phi) is 4.14. The molecule has 0 radical (unpaired) electrons. The molecule has 128 valence electrons. The highest BCUT2D eigenvalue weighted by molar-refractivity contribution is 6.31. The summed E-state index contributed by atoms with van der Waals surface area (Å²) in [6, 6.07) is 18.5. The molecule has 5 nitrogen and oxygen atoms in total. The molecule has 0 saturated heterocycles. The fraction of sp³-hybridized carbons (Fsp3) is 0.0500. The van der Waals surface area contributed by atoms with E-state index in [0.717, 1.165) is 22.4 Å². The van der Waals surface area contributed by atoms with Crippen LogP contribution in [0.2, 0.25) is 5.02 Å². The molecular formula is C20H15ClN4O. The average Bonchev–Trinajstić information content (AvgIpc) is 2.99. The number of halogens is 1. The Labute approximate surface area is 155 Å². The number of nitrogens with one attached hydrogen (secondary N) is 1. The fourth-order valence-electron chi connectivity index (χ4n) is 2.79. The maximum absolute atomic E-state index is 12.4. The first-order chi connectivity index (χ1) is 12.6. The van der Waals surface area contributed by atoms with Crippen LogP contribution < -0.4 is 5.32 Å². The van der Waals surface area contributed by atoms with Crippen molar-refractivity contribution < 1.29 is 4.79 Å². The van der Waals surface area contributed by atoms with Gasteiger partial charge in [0.2, 0.25) is 0 Å². The van der Waals surface area contributed by atoms with Gasteiger partial charge in [-0.1, -0.05) is 35.9 Å². The standard InChI is InChI=1S/C20H15ClN4O/c1-13-18-11-16(23-20(26)14-6-5-7-15(21)10-14)12-22-19(18)25(24-13)17-8-3-2-4-9-17/h2-12H,1H3,(H,23,26). The van der Waals surface area contributed by atoms with Gasteiger partial charge in [0.1, 0.15) is 0 Å². The van der Waals surface area contributed by atoms with E-state index in [0.29, 0.717) is 16.3 Å². The van der Waals surface area contributed by atoms with Crippen LogP contribution >= 0.6 is 11.6 Å². The number of nitrogens with zero attached hydrogens (tertiary/aromatic N) is 3. The maximum Gasteiger partial charge on any atom is 0.255 e. The first-order valence-corrected chi connectivity index (χ1v) is 8.47. The smallest absolute Gasteiger partial charge is 0.255 e. The van der Waals surface area contributed by atoms with Gasteiger partial charge in [-0.05, 0) is 43.3 Å². The summed E-state index contributed by atoms with van der Waals surface area (Å²) in [5, 5.41) is 8.84.